The van der Waals surface area contributed by atoms with Gasteiger partial charge in [0, 0.05) is 23.0 Å². The van der Waals surface area contributed by atoms with Gasteiger partial charge in [-0.1, -0.05) is 11.6 Å². The molecule has 8 nitrogen and oxygen atoms in total. The first kappa shape index (κ1) is 20.5. The molecule has 1 aromatic carbocycles. The molecule has 2 amide bonds. The second-order valence-corrected chi connectivity index (χ2v) is 6.82. The van der Waals surface area contributed by atoms with Crippen molar-refractivity contribution in [1.82, 2.24) is 10.2 Å². The van der Waals surface area contributed by atoms with Gasteiger partial charge in [-0.25, -0.2) is 4.79 Å². The van der Waals surface area contributed by atoms with Gasteiger partial charge in [-0.05, 0) is 37.3 Å². The van der Waals surface area contributed by atoms with Crippen molar-refractivity contribution in [3.8, 4) is 0 Å². The monoisotopic (exact) mass is 418 g/mol. The van der Waals surface area contributed by atoms with E-state index >= 15 is 0 Å². The normalized spacial score (nSPS) is 10.7. The van der Waals surface area contributed by atoms with Gasteiger partial charge in [0.25, 0.3) is 5.91 Å². The van der Waals surface area contributed by atoms with E-state index in [1.165, 1.54) is 13.3 Å². The number of rotatable bonds is 7. The van der Waals surface area contributed by atoms with Crippen LogP contribution in [0.25, 0.3) is 11.0 Å². The van der Waals surface area contributed by atoms with Gasteiger partial charge in [-0.15, -0.1) is 0 Å². The molecule has 2 heterocycles. The Morgan fingerprint density at radius 2 is 2.03 bits per heavy atom. The molecule has 0 aliphatic heterocycles. The molecular formula is C20H19ClN2O6. The van der Waals surface area contributed by atoms with E-state index in [0.717, 1.165) is 4.90 Å². The van der Waals surface area contributed by atoms with E-state index in [9.17, 15) is 14.4 Å². The van der Waals surface area contributed by atoms with E-state index in [4.69, 9.17) is 25.2 Å². The van der Waals surface area contributed by atoms with E-state index in [1.807, 2.05) is 0 Å². The highest BCUT2D eigenvalue weighted by Gasteiger charge is 2.21. The number of carbonyl (C=O) groups is 3. The van der Waals surface area contributed by atoms with Gasteiger partial charge in [0.2, 0.25) is 11.7 Å². The number of furan rings is 2. The maximum absolute atomic E-state index is 12.3. The van der Waals surface area contributed by atoms with Crippen molar-refractivity contribution in [2.24, 2.45) is 0 Å². The van der Waals surface area contributed by atoms with Crippen LogP contribution in [0.1, 0.15) is 21.9 Å². The molecule has 29 heavy (non-hydrogen) atoms. The summed E-state index contributed by atoms with van der Waals surface area (Å²) in [4.78, 5) is 37.5. The Balaban J connectivity index is 1.51. The highest BCUT2D eigenvalue weighted by Crippen LogP contribution is 2.28. The summed E-state index contributed by atoms with van der Waals surface area (Å²) >= 11 is 5.96. The predicted octanol–water partition coefficient (Wildman–Crippen LogP) is 2.92. The number of nitrogens with zero attached hydrogens (tertiary/aromatic N) is 1. The first-order chi connectivity index (χ1) is 13.8. The summed E-state index contributed by atoms with van der Waals surface area (Å²) in [6, 6.07) is 8.43. The third-order valence-electron chi connectivity index (χ3n) is 4.26. The number of carbonyl (C=O) groups excluding carboxylic acids is 3. The lowest BCUT2D eigenvalue weighted by molar-refractivity contribution is -0.137. The molecule has 0 unspecified atom stereocenters. The van der Waals surface area contributed by atoms with Crippen LogP contribution in [-0.2, 0) is 20.9 Å². The first-order valence-electron chi connectivity index (χ1n) is 8.74. The number of ether oxygens (including phenoxy) is 1. The van der Waals surface area contributed by atoms with Crippen LogP contribution in [-0.4, -0.2) is 42.9 Å². The standard InChI is InChI=1S/C20H19ClN2O6/c1-12-15-8-13(21)5-6-16(15)29-19(12)20(26)28-11-18(25)23(2)10-17(24)22-9-14-4-3-7-27-14/h3-8H,9-11H2,1-2H3,(H,22,24). The molecule has 0 atom stereocenters. The molecule has 152 valence electrons. The number of hydrogen-bond acceptors (Lipinski definition) is 6. The van der Waals surface area contributed by atoms with E-state index in [0.29, 0.717) is 27.3 Å². The molecule has 2 aromatic heterocycles. The molecule has 0 saturated heterocycles. The maximum Gasteiger partial charge on any atom is 0.375 e. The van der Waals surface area contributed by atoms with E-state index < -0.39 is 18.5 Å². The topological polar surface area (TPSA) is 102 Å². The third kappa shape index (κ3) is 4.97. The summed E-state index contributed by atoms with van der Waals surface area (Å²) in [7, 11) is 1.44. The third-order valence-corrected chi connectivity index (χ3v) is 4.49. The van der Waals surface area contributed by atoms with Crippen molar-refractivity contribution in [3.63, 3.8) is 0 Å². The number of hydrogen-bond donors (Lipinski definition) is 1. The average Bonchev–Trinajstić information content (AvgIpc) is 3.32. The van der Waals surface area contributed by atoms with Crippen molar-refractivity contribution in [3.05, 3.63) is 58.7 Å². The smallest absolute Gasteiger partial charge is 0.375 e. The Bertz CT molecular complexity index is 1040. The van der Waals surface area contributed by atoms with Gasteiger partial charge >= 0.3 is 5.97 Å². The number of aryl methyl sites for hydroxylation is 1. The van der Waals surface area contributed by atoms with E-state index in [1.54, 1.807) is 37.3 Å². The lowest BCUT2D eigenvalue weighted by Crippen LogP contribution is -2.39. The summed E-state index contributed by atoms with van der Waals surface area (Å²) in [5.41, 5.74) is 1.07. The summed E-state index contributed by atoms with van der Waals surface area (Å²) in [5, 5.41) is 3.84. The van der Waals surface area contributed by atoms with Crippen LogP contribution in [0.15, 0.2) is 45.4 Å². The van der Waals surface area contributed by atoms with Gasteiger partial charge in [-0.2, -0.15) is 0 Å². The highest BCUT2D eigenvalue weighted by atomic mass is 35.5. The SMILES string of the molecule is Cc1c(C(=O)OCC(=O)N(C)CC(=O)NCc2ccco2)oc2ccc(Cl)cc12. The zero-order valence-corrected chi connectivity index (χ0v) is 16.6. The van der Waals surface area contributed by atoms with E-state index in [-0.39, 0.29) is 24.8 Å². The molecule has 0 spiro atoms. The zero-order valence-electron chi connectivity index (χ0n) is 15.9. The number of benzene rings is 1. The van der Waals surface area contributed by atoms with Crippen molar-refractivity contribution in [1.29, 1.82) is 0 Å². The fraction of sp³-hybridized carbons (Fsp3) is 0.250. The lowest BCUT2D eigenvalue weighted by atomic mass is 10.1. The molecule has 0 radical (unpaired) electrons. The fourth-order valence-corrected chi connectivity index (χ4v) is 2.82. The summed E-state index contributed by atoms with van der Waals surface area (Å²) in [6.07, 6.45) is 1.50. The van der Waals surface area contributed by atoms with Crippen molar-refractivity contribution in [2.45, 2.75) is 13.5 Å². The van der Waals surface area contributed by atoms with Crippen LogP contribution in [0, 0.1) is 6.92 Å². The van der Waals surface area contributed by atoms with Gasteiger partial charge in [0.1, 0.15) is 11.3 Å². The molecule has 0 bridgehead atoms. The number of esters is 1. The molecule has 3 aromatic rings. The Kier molecular flexibility index (Phi) is 6.23. The quantitative estimate of drug-likeness (QED) is 0.592. The Morgan fingerprint density at radius 3 is 2.76 bits per heavy atom. The minimum Gasteiger partial charge on any atom is -0.467 e. The summed E-state index contributed by atoms with van der Waals surface area (Å²) in [5.74, 6) is -1.05. The van der Waals surface area contributed by atoms with Gasteiger partial charge in [0.15, 0.2) is 6.61 Å². The Labute approximate surface area is 171 Å². The highest BCUT2D eigenvalue weighted by molar-refractivity contribution is 6.31. The van der Waals surface area contributed by atoms with Crippen LogP contribution in [0.4, 0.5) is 0 Å². The molecule has 0 aliphatic carbocycles. The second kappa shape index (κ2) is 8.83. The second-order valence-electron chi connectivity index (χ2n) is 6.38. The van der Waals surface area contributed by atoms with Crippen molar-refractivity contribution in [2.75, 3.05) is 20.2 Å². The van der Waals surface area contributed by atoms with Crippen molar-refractivity contribution < 1.29 is 28.0 Å². The fourth-order valence-electron chi connectivity index (χ4n) is 2.65. The van der Waals surface area contributed by atoms with Crippen LogP contribution >= 0.6 is 11.6 Å². The summed E-state index contributed by atoms with van der Waals surface area (Å²) < 4.78 is 15.7. The Hall–Kier alpha value is -3.26. The molecule has 3 rings (SSSR count). The zero-order chi connectivity index (χ0) is 21.0. The largest absolute Gasteiger partial charge is 0.467 e. The van der Waals surface area contributed by atoms with Gasteiger partial charge in [0.05, 0.1) is 19.4 Å². The number of nitrogens with one attached hydrogen (secondary N) is 1. The Morgan fingerprint density at radius 1 is 1.24 bits per heavy atom. The minimum absolute atomic E-state index is 0.00825. The summed E-state index contributed by atoms with van der Waals surface area (Å²) in [6.45, 7) is 1.23. The molecule has 0 fully saturated rings. The van der Waals surface area contributed by atoms with Crippen LogP contribution in [0.3, 0.4) is 0 Å². The number of likely N-dealkylation sites (N-methyl/N-ethyl adjacent to an activating group) is 1. The molecule has 1 N–H and O–H groups in total. The molecule has 9 heteroatoms. The minimum atomic E-state index is -0.765. The van der Waals surface area contributed by atoms with Crippen LogP contribution < -0.4 is 5.32 Å². The average molecular weight is 419 g/mol. The predicted molar refractivity (Wildman–Crippen MR) is 104 cm³/mol. The van der Waals surface area contributed by atoms with Crippen LogP contribution in [0.2, 0.25) is 5.02 Å². The van der Waals surface area contributed by atoms with Gasteiger partial charge in [-0.3, -0.25) is 9.59 Å². The molecular weight excluding hydrogens is 400 g/mol. The molecule has 0 aliphatic rings. The lowest BCUT2D eigenvalue weighted by Gasteiger charge is -2.16. The van der Waals surface area contributed by atoms with E-state index in [2.05, 4.69) is 5.32 Å². The number of fused-ring (bicyclic) bond motifs is 1. The number of halogens is 1. The first-order valence-corrected chi connectivity index (χ1v) is 9.11. The maximum atomic E-state index is 12.3. The van der Waals surface area contributed by atoms with Crippen LogP contribution in [0.5, 0.6) is 0 Å². The number of amides is 2. The van der Waals surface area contributed by atoms with Gasteiger partial charge < -0.3 is 23.8 Å². The molecule has 0 saturated carbocycles. The van der Waals surface area contributed by atoms with Crippen molar-refractivity contribution >= 4 is 40.4 Å².